The van der Waals surface area contributed by atoms with Gasteiger partial charge in [-0.15, -0.1) is 0 Å². The highest BCUT2D eigenvalue weighted by molar-refractivity contribution is 7.85. The van der Waals surface area contributed by atoms with E-state index in [0.29, 0.717) is 19.0 Å². The lowest BCUT2D eigenvalue weighted by Crippen LogP contribution is -2.29. The zero-order valence-electron chi connectivity index (χ0n) is 7.89. The Morgan fingerprint density at radius 1 is 1.43 bits per heavy atom. The van der Waals surface area contributed by atoms with Crippen molar-refractivity contribution < 1.29 is 13.0 Å². The van der Waals surface area contributed by atoms with Gasteiger partial charge < -0.3 is 5.32 Å². The number of rotatable bonds is 5. The molecule has 0 bridgehead atoms. The van der Waals surface area contributed by atoms with E-state index in [9.17, 15) is 8.42 Å². The summed E-state index contributed by atoms with van der Waals surface area (Å²) >= 11 is 0. The van der Waals surface area contributed by atoms with Crippen LogP contribution >= 0.6 is 0 Å². The molecular weight excluding hydrogens is 202 g/mol. The molecule has 0 amide bonds. The fourth-order valence-corrected chi connectivity index (χ4v) is 1.78. The van der Waals surface area contributed by atoms with Crippen molar-refractivity contribution in [1.82, 2.24) is 5.32 Å². The minimum Gasteiger partial charge on any atom is -0.310 e. The van der Waals surface area contributed by atoms with Crippen molar-refractivity contribution in [3.8, 4) is 0 Å². The van der Waals surface area contributed by atoms with E-state index >= 15 is 0 Å². The van der Waals surface area contributed by atoms with Crippen LogP contribution in [0.3, 0.4) is 0 Å². The van der Waals surface area contributed by atoms with E-state index in [1.807, 2.05) is 18.2 Å². The first-order chi connectivity index (χ1) is 6.58. The van der Waals surface area contributed by atoms with Crippen LogP contribution in [0.5, 0.6) is 0 Å². The molecule has 0 aromatic heterocycles. The molecule has 80 valence electrons. The summed E-state index contributed by atoms with van der Waals surface area (Å²) in [5.41, 5.74) is 0. The second kappa shape index (κ2) is 5.29. The van der Waals surface area contributed by atoms with Crippen molar-refractivity contribution in [3.05, 3.63) is 24.3 Å². The van der Waals surface area contributed by atoms with Crippen LogP contribution in [-0.4, -0.2) is 31.3 Å². The average Bonchev–Trinajstić information content (AvgIpc) is 2.13. The summed E-state index contributed by atoms with van der Waals surface area (Å²) in [7, 11) is -3.80. The lowest BCUT2D eigenvalue weighted by atomic mass is 10.1. The number of hydrogen-bond acceptors (Lipinski definition) is 3. The quantitative estimate of drug-likeness (QED) is 0.526. The zero-order chi connectivity index (χ0) is 10.4. The van der Waals surface area contributed by atoms with Gasteiger partial charge in [0.2, 0.25) is 0 Å². The van der Waals surface area contributed by atoms with Crippen molar-refractivity contribution >= 4 is 10.1 Å². The molecule has 0 aromatic rings. The Kier molecular flexibility index (Phi) is 4.31. The molecule has 1 aliphatic rings. The maximum absolute atomic E-state index is 10.4. The van der Waals surface area contributed by atoms with E-state index < -0.39 is 10.1 Å². The maximum atomic E-state index is 10.4. The summed E-state index contributed by atoms with van der Waals surface area (Å²) in [6.45, 7) is 0.600. The van der Waals surface area contributed by atoms with Gasteiger partial charge in [0.25, 0.3) is 10.1 Å². The molecule has 2 N–H and O–H groups in total. The van der Waals surface area contributed by atoms with Gasteiger partial charge in [-0.25, -0.2) is 0 Å². The van der Waals surface area contributed by atoms with Crippen LogP contribution in [-0.2, 0) is 10.1 Å². The van der Waals surface area contributed by atoms with Gasteiger partial charge in [0, 0.05) is 6.04 Å². The van der Waals surface area contributed by atoms with Crippen molar-refractivity contribution in [2.24, 2.45) is 0 Å². The molecule has 0 spiro atoms. The summed E-state index contributed by atoms with van der Waals surface area (Å²) in [5.74, 6) is -0.174. The van der Waals surface area contributed by atoms with Crippen LogP contribution in [0.2, 0.25) is 0 Å². The summed E-state index contributed by atoms with van der Waals surface area (Å²) in [4.78, 5) is 0. The first-order valence-electron chi connectivity index (χ1n) is 4.60. The molecule has 0 unspecified atom stereocenters. The Balaban J connectivity index is 2.10. The lowest BCUT2D eigenvalue weighted by molar-refractivity contribution is 0.478. The van der Waals surface area contributed by atoms with Crippen molar-refractivity contribution in [3.63, 3.8) is 0 Å². The van der Waals surface area contributed by atoms with Gasteiger partial charge in [-0.2, -0.15) is 8.42 Å². The smallest absolute Gasteiger partial charge is 0.264 e. The molecule has 0 radical (unpaired) electrons. The van der Waals surface area contributed by atoms with Gasteiger partial charge >= 0.3 is 0 Å². The normalized spacial score (nSPS) is 21.4. The van der Waals surface area contributed by atoms with Gasteiger partial charge in [-0.1, -0.05) is 24.3 Å². The molecule has 1 atom stereocenters. The van der Waals surface area contributed by atoms with Crippen LogP contribution in [0, 0.1) is 0 Å². The third-order valence-corrected chi connectivity index (χ3v) is 2.77. The van der Waals surface area contributed by atoms with Crippen LogP contribution < -0.4 is 5.32 Å². The third kappa shape index (κ3) is 5.16. The second-order valence-corrected chi connectivity index (χ2v) is 4.82. The molecule has 0 saturated heterocycles. The van der Waals surface area contributed by atoms with Gasteiger partial charge in [-0.3, -0.25) is 4.55 Å². The van der Waals surface area contributed by atoms with Crippen molar-refractivity contribution in [2.45, 2.75) is 18.9 Å². The molecular formula is C9H15NO3S. The Hall–Kier alpha value is -0.650. The molecule has 0 saturated carbocycles. The van der Waals surface area contributed by atoms with Gasteiger partial charge in [0.1, 0.15) is 0 Å². The fourth-order valence-electron chi connectivity index (χ4n) is 1.27. The van der Waals surface area contributed by atoms with Crippen molar-refractivity contribution in [2.75, 3.05) is 12.3 Å². The monoisotopic (exact) mass is 217 g/mol. The Bertz CT molecular complexity index is 319. The summed E-state index contributed by atoms with van der Waals surface area (Å²) < 4.78 is 29.2. The molecule has 1 rings (SSSR count). The van der Waals surface area contributed by atoms with Gasteiger partial charge in [-0.05, 0) is 19.4 Å². The highest BCUT2D eigenvalue weighted by Crippen LogP contribution is 2.02. The molecule has 0 heterocycles. The molecule has 4 nitrogen and oxygen atoms in total. The number of allylic oxidation sites excluding steroid dienone is 2. The SMILES string of the molecule is O=S(=O)(O)CCCN[C@@H]1C=CC=CC1. The minimum absolute atomic E-state index is 0.174. The Morgan fingerprint density at radius 2 is 2.21 bits per heavy atom. The summed E-state index contributed by atoms with van der Waals surface area (Å²) in [5, 5.41) is 3.18. The topological polar surface area (TPSA) is 66.4 Å². The summed E-state index contributed by atoms with van der Waals surface area (Å²) in [6, 6.07) is 0.293. The largest absolute Gasteiger partial charge is 0.310 e. The summed E-state index contributed by atoms with van der Waals surface area (Å²) in [6.07, 6.45) is 9.41. The molecule has 1 aliphatic carbocycles. The van der Waals surface area contributed by atoms with E-state index in [2.05, 4.69) is 11.4 Å². The van der Waals surface area contributed by atoms with E-state index in [1.165, 1.54) is 0 Å². The molecule has 14 heavy (non-hydrogen) atoms. The highest BCUT2D eigenvalue weighted by atomic mass is 32.2. The third-order valence-electron chi connectivity index (χ3n) is 1.97. The first kappa shape index (κ1) is 11.4. The molecule has 0 aromatic carbocycles. The maximum Gasteiger partial charge on any atom is 0.264 e. The van der Waals surface area contributed by atoms with Crippen LogP contribution in [0.15, 0.2) is 24.3 Å². The predicted octanol–water partition coefficient (Wildman–Crippen LogP) is 0.739. The first-order valence-corrected chi connectivity index (χ1v) is 6.21. The van der Waals surface area contributed by atoms with Crippen molar-refractivity contribution in [1.29, 1.82) is 0 Å². The highest BCUT2D eigenvalue weighted by Gasteiger charge is 2.06. The van der Waals surface area contributed by atoms with Crippen LogP contribution in [0.25, 0.3) is 0 Å². The second-order valence-electron chi connectivity index (χ2n) is 3.25. The zero-order valence-corrected chi connectivity index (χ0v) is 8.70. The van der Waals surface area contributed by atoms with Crippen LogP contribution in [0.4, 0.5) is 0 Å². The Labute approximate surface area is 84.5 Å². The van der Waals surface area contributed by atoms with E-state index in [-0.39, 0.29) is 5.75 Å². The molecule has 0 aliphatic heterocycles. The lowest BCUT2D eigenvalue weighted by Gasteiger charge is -2.14. The predicted molar refractivity (Wildman–Crippen MR) is 55.7 cm³/mol. The molecule has 0 fully saturated rings. The fraction of sp³-hybridized carbons (Fsp3) is 0.556. The van der Waals surface area contributed by atoms with E-state index in [4.69, 9.17) is 4.55 Å². The van der Waals surface area contributed by atoms with Gasteiger partial charge in [0.05, 0.1) is 5.75 Å². The average molecular weight is 217 g/mol. The minimum atomic E-state index is -3.80. The number of hydrogen-bond donors (Lipinski definition) is 2. The van der Waals surface area contributed by atoms with E-state index in [1.54, 1.807) is 0 Å². The van der Waals surface area contributed by atoms with Crippen LogP contribution in [0.1, 0.15) is 12.8 Å². The Morgan fingerprint density at radius 3 is 2.79 bits per heavy atom. The van der Waals surface area contributed by atoms with E-state index in [0.717, 1.165) is 6.42 Å². The standard InChI is InChI=1S/C9H15NO3S/c11-14(12,13)8-4-7-10-9-5-2-1-3-6-9/h1-3,5,9-10H,4,6-8H2,(H,11,12,13)/t9-/m1/s1. The van der Waals surface area contributed by atoms with Gasteiger partial charge in [0.15, 0.2) is 0 Å². The molecule has 5 heteroatoms. The number of nitrogens with one attached hydrogen (secondary N) is 1.